The molecule has 1 nitrogen and oxygen atoms in total. The fourth-order valence-corrected chi connectivity index (χ4v) is 9.29. The van der Waals surface area contributed by atoms with Crippen LogP contribution >= 0.6 is 0 Å². The van der Waals surface area contributed by atoms with Gasteiger partial charge in [0.25, 0.3) is 0 Å². The van der Waals surface area contributed by atoms with Gasteiger partial charge in [-0.15, -0.1) is 0 Å². The lowest BCUT2D eigenvalue weighted by Gasteiger charge is -2.23. The Bertz CT molecular complexity index is 2820. The number of rotatable bonds is 6. The second-order valence-corrected chi connectivity index (χ2v) is 15.0. The Balaban J connectivity index is 1.20. The van der Waals surface area contributed by atoms with E-state index in [1.165, 1.54) is 83.5 Å². The molecule has 1 heterocycles. The first kappa shape index (κ1) is 32.3. The van der Waals surface area contributed by atoms with Crippen LogP contribution in [0.1, 0.15) is 45.3 Å². The summed E-state index contributed by atoms with van der Waals surface area (Å²) in [6, 6.07) is 77.6. The molecule has 2 atom stereocenters. The van der Waals surface area contributed by atoms with Gasteiger partial charge in [0.05, 0.1) is 17.3 Å². The van der Waals surface area contributed by atoms with Crippen LogP contribution < -0.4 is 0 Å². The maximum atomic E-state index is 5.62. The van der Waals surface area contributed by atoms with Crippen molar-refractivity contribution in [2.45, 2.75) is 11.8 Å². The largest absolute Gasteiger partial charge is 0.252 e. The van der Waals surface area contributed by atoms with Gasteiger partial charge >= 0.3 is 0 Å². The maximum Gasteiger partial charge on any atom is 0.0711 e. The van der Waals surface area contributed by atoms with Crippen molar-refractivity contribution in [2.24, 2.45) is 0 Å². The molecular weight excluding hydrogens is 675 g/mol. The smallest absolute Gasteiger partial charge is 0.0711 e. The van der Waals surface area contributed by atoms with Crippen LogP contribution in [0.5, 0.6) is 0 Å². The maximum absolute atomic E-state index is 5.62. The number of nitrogens with zero attached hydrogens (tertiary/aromatic N) is 1. The minimum Gasteiger partial charge on any atom is -0.252 e. The molecule has 8 aromatic carbocycles. The number of benzene rings is 8. The second-order valence-electron chi connectivity index (χ2n) is 15.0. The first-order chi connectivity index (χ1) is 27.8. The summed E-state index contributed by atoms with van der Waals surface area (Å²) in [5, 5.41) is 0. The summed E-state index contributed by atoms with van der Waals surface area (Å²) in [5.41, 5.74) is 22.4. The van der Waals surface area contributed by atoms with Crippen LogP contribution in [0.3, 0.4) is 0 Å². The summed E-state index contributed by atoms with van der Waals surface area (Å²) < 4.78 is 0. The molecule has 0 saturated carbocycles. The van der Waals surface area contributed by atoms with Crippen LogP contribution in [0, 0.1) is 0 Å². The van der Waals surface area contributed by atoms with Gasteiger partial charge in [0.1, 0.15) is 0 Å². The Labute approximate surface area is 328 Å². The highest BCUT2D eigenvalue weighted by Crippen LogP contribution is 2.59. The minimum absolute atomic E-state index is 0.0694. The predicted molar refractivity (Wildman–Crippen MR) is 232 cm³/mol. The second kappa shape index (κ2) is 13.3. The summed E-state index contributed by atoms with van der Waals surface area (Å²) in [6.45, 7) is 0. The van der Waals surface area contributed by atoms with E-state index in [4.69, 9.17) is 4.98 Å². The van der Waals surface area contributed by atoms with Crippen LogP contribution in [-0.4, -0.2) is 4.98 Å². The minimum atomic E-state index is -0.0694. The topological polar surface area (TPSA) is 12.9 Å². The summed E-state index contributed by atoms with van der Waals surface area (Å²) >= 11 is 0. The first-order valence-corrected chi connectivity index (χ1v) is 19.5. The van der Waals surface area contributed by atoms with E-state index in [9.17, 15) is 0 Å². The lowest BCUT2D eigenvalue weighted by Crippen LogP contribution is -2.09. The van der Waals surface area contributed by atoms with Gasteiger partial charge in [-0.2, -0.15) is 0 Å². The van der Waals surface area contributed by atoms with E-state index in [0.29, 0.717) is 0 Å². The lowest BCUT2D eigenvalue weighted by molar-refractivity contribution is 0.906. The third kappa shape index (κ3) is 5.35. The quantitative estimate of drug-likeness (QED) is 0.167. The van der Waals surface area contributed by atoms with Crippen molar-refractivity contribution in [1.29, 1.82) is 0 Å². The fourth-order valence-electron chi connectivity index (χ4n) is 9.29. The third-order valence-corrected chi connectivity index (χ3v) is 11.8. The van der Waals surface area contributed by atoms with Gasteiger partial charge < -0.3 is 0 Å². The first-order valence-electron chi connectivity index (χ1n) is 19.5. The van der Waals surface area contributed by atoms with Crippen molar-refractivity contribution in [2.75, 3.05) is 0 Å². The van der Waals surface area contributed by atoms with E-state index in [0.717, 1.165) is 17.0 Å². The molecule has 0 N–H and O–H groups in total. The average molecular weight is 712 g/mol. The van der Waals surface area contributed by atoms with Crippen molar-refractivity contribution in [3.8, 4) is 66.9 Å². The van der Waals surface area contributed by atoms with Gasteiger partial charge in [-0.05, 0) is 108 Å². The number of hydrogen-bond acceptors (Lipinski definition) is 1. The van der Waals surface area contributed by atoms with Crippen molar-refractivity contribution in [3.05, 3.63) is 246 Å². The normalized spacial score (nSPS) is 14.8. The van der Waals surface area contributed by atoms with Gasteiger partial charge in [-0.25, -0.2) is 0 Å². The molecule has 0 bridgehead atoms. The van der Waals surface area contributed by atoms with Crippen LogP contribution in [0.4, 0.5) is 0 Å². The molecule has 2 aliphatic carbocycles. The van der Waals surface area contributed by atoms with Gasteiger partial charge in [-0.1, -0.05) is 188 Å². The highest BCUT2D eigenvalue weighted by molar-refractivity contribution is 5.93. The summed E-state index contributed by atoms with van der Waals surface area (Å²) in [4.78, 5) is 5.62. The van der Waals surface area contributed by atoms with Crippen molar-refractivity contribution < 1.29 is 0 Å². The summed E-state index contributed by atoms with van der Waals surface area (Å²) in [6.07, 6.45) is 0. The molecule has 56 heavy (non-hydrogen) atoms. The molecule has 0 aliphatic heterocycles. The zero-order chi connectivity index (χ0) is 37.0. The number of pyridine rings is 1. The molecule has 11 rings (SSSR count). The van der Waals surface area contributed by atoms with Crippen molar-refractivity contribution in [3.63, 3.8) is 0 Å². The van der Waals surface area contributed by atoms with Gasteiger partial charge in [0, 0.05) is 11.5 Å². The lowest BCUT2D eigenvalue weighted by atomic mass is 9.81. The Morgan fingerprint density at radius 1 is 0.286 bits per heavy atom. The monoisotopic (exact) mass is 711 g/mol. The average Bonchev–Trinajstić information content (AvgIpc) is 3.80. The molecule has 0 radical (unpaired) electrons. The molecule has 2 unspecified atom stereocenters. The summed E-state index contributed by atoms with van der Waals surface area (Å²) in [7, 11) is 0. The van der Waals surface area contributed by atoms with E-state index in [-0.39, 0.29) is 11.8 Å². The van der Waals surface area contributed by atoms with Gasteiger partial charge in [0.15, 0.2) is 0 Å². The Morgan fingerprint density at radius 3 is 1.23 bits per heavy atom. The van der Waals surface area contributed by atoms with Crippen LogP contribution in [0.25, 0.3) is 66.9 Å². The Kier molecular flexibility index (Phi) is 7.70. The molecule has 2 aliphatic rings. The van der Waals surface area contributed by atoms with Gasteiger partial charge in [-0.3, -0.25) is 4.98 Å². The predicted octanol–water partition coefficient (Wildman–Crippen LogP) is 14.1. The molecule has 9 aromatic rings. The van der Waals surface area contributed by atoms with E-state index < -0.39 is 0 Å². The van der Waals surface area contributed by atoms with Gasteiger partial charge in [0.2, 0.25) is 0 Å². The summed E-state index contributed by atoms with van der Waals surface area (Å²) in [5.74, 6) is 0.0114. The molecule has 0 spiro atoms. The highest BCUT2D eigenvalue weighted by Gasteiger charge is 2.41. The standard InChI is InChI=1S/C55H37N/c1-6-16-36(17-7-1)41-26-28-44-48(32-41)46-30-31-47-49-33-42(37-18-8-2-9-19-37)27-29-45(49)53(55(47)54(46)52(44)40-24-14-5-15-25-40)51-35-43(38-20-10-3-11-21-38)34-50(56-51)39-22-12-4-13-23-39/h1-35,52-53H. The molecule has 1 heteroatoms. The van der Waals surface area contributed by atoms with E-state index >= 15 is 0 Å². The van der Waals surface area contributed by atoms with E-state index in [2.05, 4.69) is 212 Å². The molecule has 0 saturated heterocycles. The Morgan fingerprint density at radius 2 is 0.714 bits per heavy atom. The van der Waals surface area contributed by atoms with E-state index in [1.54, 1.807) is 0 Å². The SMILES string of the molecule is c1ccc(-c2cc(-c3ccccc3)nc(C3c4ccc(-c5ccccc5)cc4-c4ccc5c(c43)C(c3ccccc3)c3ccc(-c4ccccc4)cc3-5)c2)cc1. The zero-order valence-electron chi connectivity index (χ0n) is 30.8. The van der Waals surface area contributed by atoms with Crippen molar-refractivity contribution >= 4 is 0 Å². The molecule has 1 aromatic heterocycles. The Hall–Kier alpha value is -7.09. The van der Waals surface area contributed by atoms with E-state index in [1.807, 2.05) is 0 Å². The number of hydrogen-bond donors (Lipinski definition) is 0. The van der Waals surface area contributed by atoms with Crippen LogP contribution in [0.15, 0.2) is 212 Å². The van der Waals surface area contributed by atoms with Crippen LogP contribution in [0.2, 0.25) is 0 Å². The van der Waals surface area contributed by atoms with Crippen LogP contribution in [-0.2, 0) is 0 Å². The molecule has 0 fully saturated rings. The fraction of sp³-hybridized carbons (Fsp3) is 0.0364. The highest BCUT2D eigenvalue weighted by atomic mass is 14.7. The number of aromatic nitrogens is 1. The third-order valence-electron chi connectivity index (χ3n) is 11.8. The zero-order valence-corrected chi connectivity index (χ0v) is 30.8. The molecule has 262 valence electrons. The number of fused-ring (bicyclic) bond motifs is 7. The van der Waals surface area contributed by atoms with Crippen molar-refractivity contribution in [1.82, 2.24) is 4.98 Å². The molecule has 0 amide bonds. The molecular formula is C55H37N.